The molecule has 4 heterocycles. The van der Waals surface area contributed by atoms with E-state index in [0.717, 1.165) is 56.9 Å². The quantitative estimate of drug-likeness (QED) is 0.799. The minimum atomic E-state index is 0.124. The van der Waals surface area contributed by atoms with E-state index in [1.54, 1.807) is 14.0 Å². The fourth-order valence-corrected chi connectivity index (χ4v) is 4.83. The van der Waals surface area contributed by atoms with E-state index in [0.29, 0.717) is 13.2 Å². The molecule has 2 aromatic rings. The lowest BCUT2D eigenvalue weighted by molar-refractivity contribution is -0.129. The summed E-state index contributed by atoms with van der Waals surface area (Å²) in [7, 11) is 1.70. The minimum absolute atomic E-state index is 0.124. The summed E-state index contributed by atoms with van der Waals surface area (Å²) >= 11 is 0. The molecule has 1 saturated heterocycles. The van der Waals surface area contributed by atoms with Gasteiger partial charge >= 0.3 is 0 Å². The monoisotopic (exact) mass is 396 g/mol. The molecule has 1 fully saturated rings. The molecule has 1 amide bonds. The third kappa shape index (κ3) is 3.17. The number of amides is 1. The molecule has 5 rings (SSSR count). The van der Waals surface area contributed by atoms with Crippen molar-refractivity contribution in [2.24, 2.45) is 0 Å². The van der Waals surface area contributed by atoms with Gasteiger partial charge in [0.25, 0.3) is 0 Å². The summed E-state index contributed by atoms with van der Waals surface area (Å²) in [5.41, 5.74) is 4.95. The molecule has 1 aromatic carbocycles. The number of methoxy groups -OCH3 is 1. The molecule has 154 valence electrons. The number of aryl methyl sites for hydroxylation is 1. The van der Waals surface area contributed by atoms with Crippen molar-refractivity contribution in [1.29, 1.82) is 0 Å². The Morgan fingerprint density at radius 1 is 1.28 bits per heavy atom. The van der Waals surface area contributed by atoms with Crippen molar-refractivity contribution < 1.29 is 14.3 Å². The lowest BCUT2D eigenvalue weighted by atomic mass is 10.00. The zero-order valence-corrected chi connectivity index (χ0v) is 17.2. The maximum absolute atomic E-state index is 12.1. The van der Waals surface area contributed by atoms with E-state index < -0.39 is 0 Å². The van der Waals surface area contributed by atoms with E-state index in [1.165, 1.54) is 22.5 Å². The number of rotatable bonds is 3. The van der Waals surface area contributed by atoms with E-state index in [4.69, 9.17) is 14.6 Å². The van der Waals surface area contributed by atoms with Crippen LogP contribution in [0.2, 0.25) is 0 Å². The summed E-state index contributed by atoms with van der Waals surface area (Å²) in [4.78, 5) is 16.3. The Balaban J connectivity index is 1.61. The van der Waals surface area contributed by atoms with Gasteiger partial charge in [-0.05, 0) is 30.9 Å². The van der Waals surface area contributed by atoms with Crippen molar-refractivity contribution in [3.8, 4) is 5.75 Å². The number of carbonyl (C=O) groups excluding carboxylic acids is 1. The minimum Gasteiger partial charge on any atom is -0.497 e. The molecule has 1 unspecified atom stereocenters. The molecule has 7 heteroatoms. The summed E-state index contributed by atoms with van der Waals surface area (Å²) in [6.07, 6.45) is 3.99. The van der Waals surface area contributed by atoms with Gasteiger partial charge < -0.3 is 19.3 Å². The van der Waals surface area contributed by atoms with E-state index in [2.05, 4.69) is 21.7 Å². The molecular weight excluding hydrogens is 368 g/mol. The Labute approximate surface area is 171 Å². The van der Waals surface area contributed by atoms with Crippen molar-refractivity contribution >= 4 is 17.4 Å². The highest BCUT2D eigenvalue weighted by atomic mass is 16.5. The number of carbonyl (C=O) groups is 1. The van der Waals surface area contributed by atoms with Crippen LogP contribution >= 0.6 is 0 Å². The summed E-state index contributed by atoms with van der Waals surface area (Å²) in [6, 6.07) is 6.60. The summed E-state index contributed by atoms with van der Waals surface area (Å²) in [5.74, 6) is 1.98. The van der Waals surface area contributed by atoms with Crippen LogP contribution in [0.25, 0.3) is 0 Å². The largest absolute Gasteiger partial charge is 0.497 e. The van der Waals surface area contributed by atoms with Crippen LogP contribution in [0.1, 0.15) is 42.6 Å². The number of hydrogen-bond donors (Lipinski definition) is 0. The van der Waals surface area contributed by atoms with Gasteiger partial charge in [0.15, 0.2) is 5.82 Å². The van der Waals surface area contributed by atoms with Gasteiger partial charge in [0.2, 0.25) is 5.91 Å². The van der Waals surface area contributed by atoms with Crippen molar-refractivity contribution in [2.75, 3.05) is 38.3 Å². The molecule has 1 aromatic heterocycles. The zero-order chi connectivity index (χ0) is 20.0. The van der Waals surface area contributed by atoms with Crippen LogP contribution in [0.4, 0.5) is 11.5 Å². The number of aromatic nitrogens is 2. The van der Waals surface area contributed by atoms with Crippen LogP contribution in [-0.4, -0.2) is 54.0 Å². The van der Waals surface area contributed by atoms with Gasteiger partial charge in [-0.2, -0.15) is 5.10 Å². The second-order valence-corrected chi connectivity index (χ2v) is 8.15. The van der Waals surface area contributed by atoms with E-state index in [1.807, 2.05) is 11.0 Å². The third-order valence-electron chi connectivity index (χ3n) is 6.43. The first-order chi connectivity index (χ1) is 14.2. The second-order valence-electron chi connectivity index (χ2n) is 8.15. The standard InChI is InChI=1S/C22H28N4O3/c1-15(27)24-10-7-20-19(13-24)22(23-26(20)17-8-11-29-14-17)25-9-3-4-16-5-6-18(28-2)12-21(16)25/h5-6,12,17H,3-4,7-11,13-14H2,1-2H3. The molecular formula is C22H28N4O3. The lowest BCUT2D eigenvalue weighted by Crippen LogP contribution is -2.35. The van der Waals surface area contributed by atoms with Gasteiger partial charge in [0.05, 0.1) is 26.3 Å². The Morgan fingerprint density at radius 3 is 2.93 bits per heavy atom. The highest BCUT2D eigenvalue weighted by molar-refractivity contribution is 5.75. The van der Waals surface area contributed by atoms with Crippen molar-refractivity contribution in [1.82, 2.24) is 14.7 Å². The molecule has 0 radical (unpaired) electrons. The molecule has 7 nitrogen and oxygen atoms in total. The molecule has 0 aliphatic carbocycles. The second kappa shape index (κ2) is 7.37. The van der Waals surface area contributed by atoms with E-state index in [9.17, 15) is 4.79 Å². The zero-order valence-electron chi connectivity index (χ0n) is 17.2. The van der Waals surface area contributed by atoms with E-state index in [-0.39, 0.29) is 11.9 Å². The van der Waals surface area contributed by atoms with Gasteiger partial charge in [0.1, 0.15) is 5.75 Å². The predicted molar refractivity (Wildman–Crippen MR) is 110 cm³/mol. The van der Waals surface area contributed by atoms with Crippen LogP contribution in [0, 0.1) is 0 Å². The van der Waals surface area contributed by atoms with Crippen molar-refractivity contribution in [2.45, 2.75) is 45.2 Å². The topological polar surface area (TPSA) is 59.8 Å². The molecule has 0 N–H and O–H groups in total. The fourth-order valence-electron chi connectivity index (χ4n) is 4.83. The summed E-state index contributed by atoms with van der Waals surface area (Å²) in [5, 5.41) is 5.13. The summed E-state index contributed by atoms with van der Waals surface area (Å²) in [6.45, 7) is 5.47. The number of hydrogen-bond acceptors (Lipinski definition) is 5. The lowest BCUT2D eigenvalue weighted by Gasteiger charge is -2.32. The number of nitrogens with zero attached hydrogens (tertiary/aromatic N) is 4. The average Bonchev–Trinajstić information content (AvgIpc) is 3.40. The van der Waals surface area contributed by atoms with Crippen molar-refractivity contribution in [3.63, 3.8) is 0 Å². The number of benzene rings is 1. The Bertz CT molecular complexity index is 932. The average molecular weight is 396 g/mol. The normalized spacial score (nSPS) is 21.1. The Morgan fingerprint density at radius 2 is 2.17 bits per heavy atom. The smallest absolute Gasteiger partial charge is 0.219 e. The highest BCUT2D eigenvalue weighted by Gasteiger charge is 2.33. The number of ether oxygens (including phenoxy) is 2. The third-order valence-corrected chi connectivity index (χ3v) is 6.43. The first-order valence-corrected chi connectivity index (χ1v) is 10.5. The van der Waals surface area contributed by atoms with Crippen molar-refractivity contribution in [3.05, 3.63) is 35.0 Å². The molecule has 29 heavy (non-hydrogen) atoms. The number of anilines is 2. The molecule has 0 bridgehead atoms. The van der Waals surface area contributed by atoms with Gasteiger partial charge in [0, 0.05) is 56.1 Å². The summed E-state index contributed by atoms with van der Waals surface area (Å²) < 4.78 is 13.3. The first kappa shape index (κ1) is 18.5. The van der Waals surface area contributed by atoms with Crippen LogP contribution < -0.4 is 9.64 Å². The van der Waals surface area contributed by atoms with Crippen LogP contribution in [0.5, 0.6) is 5.75 Å². The number of fused-ring (bicyclic) bond motifs is 2. The van der Waals surface area contributed by atoms with Crippen LogP contribution in [0.3, 0.4) is 0 Å². The first-order valence-electron chi connectivity index (χ1n) is 10.5. The van der Waals surface area contributed by atoms with Gasteiger partial charge in [-0.15, -0.1) is 0 Å². The molecule has 0 spiro atoms. The van der Waals surface area contributed by atoms with Crippen LogP contribution in [-0.2, 0) is 28.9 Å². The van der Waals surface area contributed by atoms with Gasteiger partial charge in [-0.25, -0.2) is 0 Å². The highest BCUT2D eigenvalue weighted by Crippen LogP contribution is 2.40. The Hall–Kier alpha value is -2.54. The molecule has 1 atom stereocenters. The van der Waals surface area contributed by atoms with E-state index >= 15 is 0 Å². The Kier molecular flexibility index (Phi) is 4.70. The SMILES string of the molecule is COc1ccc2c(c1)N(c1nn(C3CCOC3)c3c1CN(C(C)=O)CC3)CCC2. The molecule has 3 aliphatic rings. The fraction of sp³-hybridized carbons (Fsp3) is 0.545. The predicted octanol–water partition coefficient (Wildman–Crippen LogP) is 2.84. The van der Waals surface area contributed by atoms with Crippen LogP contribution in [0.15, 0.2) is 18.2 Å². The molecule has 3 aliphatic heterocycles. The maximum atomic E-state index is 12.1. The van der Waals surface area contributed by atoms with Gasteiger partial charge in [-0.3, -0.25) is 9.48 Å². The molecule has 0 saturated carbocycles. The maximum Gasteiger partial charge on any atom is 0.219 e. The van der Waals surface area contributed by atoms with Gasteiger partial charge in [-0.1, -0.05) is 6.07 Å².